The zero-order valence-corrected chi connectivity index (χ0v) is 34.9. The number of quaternary nitrogens is 1. The molecule has 290 valence electrons. The zero-order valence-electron chi connectivity index (χ0n) is 34.9. The lowest BCUT2D eigenvalue weighted by Gasteiger charge is -2.30. The minimum Gasteiger partial charge on any atom is -0.328 e. The van der Waals surface area contributed by atoms with Gasteiger partial charge in [0.1, 0.15) is 0 Å². The van der Waals surface area contributed by atoms with Gasteiger partial charge in [-0.25, -0.2) is 0 Å². The van der Waals surface area contributed by atoms with Gasteiger partial charge in [0.05, 0.1) is 27.2 Å². The second kappa shape index (κ2) is 41.4. The topological polar surface area (TPSA) is 0 Å². The molecule has 0 rings (SSSR count). The number of hydrogen-bond acceptors (Lipinski definition) is 0. The normalized spacial score (nSPS) is 12.0. The highest BCUT2D eigenvalue weighted by Gasteiger charge is 2.13. The third-order valence-corrected chi connectivity index (χ3v) is 11.5. The molecule has 0 aliphatic carbocycles. The molecule has 0 aliphatic heterocycles. The average Bonchev–Trinajstić information content (AvgIpc) is 3.08. The summed E-state index contributed by atoms with van der Waals surface area (Å²) in [7, 11) is 4.96. The van der Waals surface area contributed by atoms with Crippen molar-refractivity contribution in [1.29, 1.82) is 0 Å². The van der Waals surface area contributed by atoms with Crippen molar-refractivity contribution in [3.05, 3.63) is 0 Å². The predicted molar refractivity (Wildman–Crippen MR) is 222 cm³/mol. The molecule has 0 amide bonds. The molecular weight excluding hydrogens is 579 g/mol. The van der Waals surface area contributed by atoms with Crippen LogP contribution in [0.5, 0.6) is 0 Å². The molecule has 0 aromatic rings. The lowest BCUT2D eigenvalue weighted by molar-refractivity contribution is -0.890. The van der Waals surface area contributed by atoms with E-state index in [2.05, 4.69) is 27.9 Å². The van der Waals surface area contributed by atoms with Gasteiger partial charge in [0.2, 0.25) is 0 Å². The molecule has 0 unspecified atom stereocenters. The van der Waals surface area contributed by atoms with Gasteiger partial charge in [-0.2, -0.15) is 0 Å². The van der Waals surface area contributed by atoms with E-state index < -0.39 is 0 Å². The van der Waals surface area contributed by atoms with Crippen LogP contribution in [0.2, 0.25) is 0 Å². The molecule has 0 radical (unpaired) electrons. The van der Waals surface area contributed by atoms with Gasteiger partial charge >= 0.3 is 0 Å². The second-order valence-electron chi connectivity index (χ2n) is 17.2. The Kier molecular flexibility index (Phi) is 41.3. The van der Waals surface area contributed by atoms with Crippen molar-refractivity contribution in [3.8, 4) is 0 Å². The molecule has 0 aromatic carbocycles. The molecule has 48 heavy (non-hydrogen) atoms. The fraction of sp³-hybridized carbons (Fsp3) is 1.00. The number of unbranched alkanes of at least 4 members (excludes halogenated alkanes) is 39. The van der Waals surface area contributed by atoms with Gasteiger partial charge in [-0.15, -0.1) is 0 Å². The molecule has 1 heteroatoms. The van der Waals surface area contributed by atoms with Gasteiger partial charge < -0.3 is 4.48 Å². The third kappa shape index (κ3) is 42.1. The monoisotopic (exact) mass is 677 g/mol. The maximum absolute atomic E-state index is 2.48. The average molecular weight is 677 g/mol. The summed E-state index contributed by atoms with van der Waals surface area (Å²) in [5, 5.41) is 0. The minimum absolute atomic E-state index is 1.25. The highest BCUT2D eigenvalue weighted by molar-refractivity contribution is 4.53. The molecular formula is C47H98N+. The summed E-state index contributed by atoms with van der Waals surface area (Å²) in [4.78, 5) is 0. The van der Waals surface area contributed by atoms with E-state index in [1.807, 2.05) is 0 Å². The first kappa shape index (κ1) is 48.0. The predicted octanol–water partition coefficient (Wildman–Crippen LogP) is 17.1. The molecule has 0 bridgehead atoms. The van der Waals surface area contributed by atoms with E-state index in [9.17, 15) is 0 Å². The van der Waals surface area contributed by atoms with E-state index >= 15 is 0 Å². The summed E-state index contributed by atoms with van der Waals surface area (Å²) in [5.74, 6) is 0. The largest absolute Gasteiger partial charge is 0.328 e. The van der Waals surface area contributed by atoms with E-state index in [-0.39, 0.29) is 0 Å². The van der Waals surface area contributed by atoms with Gasteiger partial charge in [0.25, 0.3) is 0 Å². The van der Waals surface area contributed by atoms with Crippen LogP contribution < -0.4 is 0 Å². The molecule has 0 fully saturated rings. The molecule has 0 aromatic heterocycles. The van der Waals surface area contributed by atoms with Gasteiger partial charge in [-0.3, -0.25) is 0 Å². The maximum atomic E-state index is 2.48. The van der Waals surface area contributed by atoms with Crippen LogP contribution in [0, 0.1) is 0 Å². The summed E-state index contributed by atoms with van der Waals surface area (Å²) in [6.45, 7) is 7.40. The Balaban J connectivity index is 3.24. The first-order chi connectivity index (χ1) is 23.6. The van der Waals surface area contributed by atoms with Gasteiger partial charge in [0, 0.05) is 0 Å². The lowest BCUT2D eigenvalue weighted by Crippen LogP contribution is -2.41. The quantitative estimate of drug-likeness (QED) is 0.0445. The second-order valence-corrected chi connectivity index (χ2v) is 17.2. The van der Waals surface area contributed by atoms with Crippen molar-refractivity contribution in [3.63, 3.8) is 0 Å². The van der Waals surface area contributed by atoms with E-state index in [1.165, 1.54) is 281 Å². The Morgan fingerprint density at radius 3 is 0.458 bits per heavy atom. The summed E-state index contributed by atoms with van der Waals surface area (Å²) >= 11 is 0. The summed E-state index contributed by atoms with van der Waals surface area (Å²) in [5.41, 5.74) is 0. The minimum atomic E-state index is 1.25. The lowest BCUT2D eigenvalue weighted by atomic mass is 10.0. The van der Waals surface area contributed by atoms with E-state index in [0.29, 0.717) is 0 Å². The van der Waals surface area contributed by atoms with Crippen molar-refractivity contribution >= 4 is 0 Å². The maximum Gasteiger partial charge on any atom is 0.0782 e. The standard InChI is InChI=1S/C47H98N/c1-5-7-9-11-13-15-17-19-21-23-25-27-29-31-33-35-37-39-41-43-45-47-48(3,4)46-44-42-40-38-36-34-32-30-28-26-24-22-20-18-16-14-12-10-8-6-2/h5-47H2,1-4H3/q+1. The third-order valence-electron chi connectivity index (χ3n) is 11.5. The fourth-order valence-electron chi connectivity index (χ4n) is 7.88. The number of hydrogen-bond donors (Lipinski definition) is 0. The van der Waals surface area contributed by atoms with E-state index in [1.54, 1.807) is 0 Å². The van der Waals surface area contributed by atoms with E-state index in [4.69, 9.17) is 0 Å². The molecule has 0 spiro atoms. The van der Waals surface area contributed by atoms with Crippen molar-refractivity contribution in [2.75, 3.05) is 27.2 Å². The molecule has 1 nitrogen and oxygen atoms in total. The van der Waals surface area contributed by atoms with Crippen LogP contribution in [-0.2, 0) is 0 Å². The molecule has 0 heterocycles. The van der Waals surface area contributed by atoms with Crippen LogP contribution in [0.25, 0.3) is 0 Å². The zero-order chi connectivity index (χ0) is 34.9. The molecule has 0 atom stereocenters. The van der Waals surface area contributed by atoms with Crippen molar-refractivity contribution in [1.82, 2.24) is 0 Å². The van der Waals surface area contributed by atoms with Crippen LogP contribution in [0.1, 0.15) is 277 Å². The van der Waals surface area contributed by atoms with Crippen LogP contribution >= 0.6 is 0 Å². The Hall–Kier alpha value is -0.0400. The van der Waals surface area contributed by atoms with Crippen LogP contribution in [0.4, 0.5) is 0 Å². The van der Waals surface area contributed by atoms with Crippen molar-refractivity contribution < 1.29 is 4.48 Å². The van der Waals surface area contributed by atoms with Crippen LogP contribution in [-0.4, -0.2) is 31.7 Å². The van der Waals surface area contributed by atoms with Gasteiger partial charge in [-0.1, -0.05) is 251 Å². The van der Waals surface area contributed by atoms with Gasteiger partial charge in [-0.05, 0) is 25.7 Å². The van der Waals surface area contributed by atoms with Crippen molar-refractivity contribution in [2.24, 2.45) is 0 Å². The highest BCUT2D eigenvalue weighted by atomic mass is 15.3. The summed E-state index contributed by atoms with van der Waals surface area (Å²) < 4.78 is 1.25. The first-order valence-electron chi connectivity index (χ1n) is 23.4. The Morgan fingerprint density at radius 1 is 0.188 bits per heavy atom. The molecule has 0 N–H and O–H groups in total. The first-order valence-corrected chi connectivity index (χ1v) is 23.4. The van der Waals surface area contributed by atoms with E-state index in [0.717, 1.165) is 0 Å². The highest BCUT2D eigenvalue weighted by Crippen LogP contribution is 2.17. The fourth-order valence-corrected chi connectivity index (χ4v) is 7.88. The van der Waals surface area contributed by atoms with Crippen LogP contribution in [0.3, 0.4) is 0 Å². The van der Waals surface area contributed by atoms with Crippen molar-refractivity contribution in [2.45, 2.75) is 277 Å². The Morgan fingerprint density at radius 2 is 0.312 bits per heavy atom. The molecule has 0 saturated heterocycles. The Bertz CT molecular complexity index is 553. The Labute approximate surface area is 307 Å². The SMILES string of the molecule is CCCCCCCCCCCCCCCCCCCCCCC[N+](C)(C)CCCCCCCCCCCCCCCCCCCCCC. The van der Waals surface area contributed by atoms with Crippen LogP contribution in [0.15, 0.2) is 0 Å². The van der Waals surface area contributed by atoms with Gasteiger partial charge in [0.15, 0.2) is 0 Å². The molecule has 0 saturated carbocycles. The number of rotatable bonds is 43. The molecule has 0 aliphatic rings. The number of nitrogens with zero attached hydrogens (tertiary/aromatic N) is 1. The smallest absolute Gasteiger partial charge is 0.0782 e. The summed E-state index contributed by atoms with van der Waals surface area (Å²) in [6.07, 6.45) is 60.4. The summed E-state index contributed by atoms with van der Waals surface area (Å²) in [6, 6.07) is 0.